The van der Waals surface area contributed by atoms with E-state index < -0.39 is 5.82 Å². The Bertz CT molecular complexity index is 739. The second-order valence-corrected chi connectivity index (χ2v) is 6.12. The van der Waals surface area contributed by atoms with Crippen molar-refractivity contribution >= 4 is 5.91 Å². The first-order valence-corrected chi connectivity index (χ1v) is 8.39. The van der Waals surface area contributed by atoms with Crippen molar-refractivity contribution in [3.8, 4) is 5.75 Å². The van der Waals surface area contributed by atoms with Crippen molar-refractivity contribution in [2.45, 2.75) is 25.3 Å². The highest BCUT2D eigenvalue weighted by Crippen LogP contribution is 2.29. The third-order valence-corrected chi connectivity index (χ3v) is 4.66. The van der Waals surface area contributed by atoms with E-state index in [0.717, 1.165) is 18.5 Å². The highest BCUT2D eigenvalue weighted by molar-refractivity contribution is 5.94. The van der Waals surface area contributed by atoms with Crippen LogP contribution in [0.1, 0.15) is 34.8 Å². The second kappa shape index (κ2) is 7.65. The minimum Gasteiger partial charge on any atom is -0.494 e. The standard InChI is InChI=1S/C18H22FN3O3/c1-25-17-3-2-14(12-15(17)19)18(24)21-8-5-13(6-9-21)16-4-7-20-22(16)10-11-23/h2-4,7,12-13,23H,5-6,8-11H2,1H3. The van der Waals surface area contributed by atoms with Gasteiger partial charge in [0.05, 0.1) is 20.3 Å². The maximum atomic E-state index is 13.8. The molecule has 0 bridgehead atoms. The number of aliphatic hydroxyl groups is 1. The molecule has 0 saturated carbocycles. The third-order valence-electron chi connectivity index (χ3n) is 4.66. The normalized spacial score (nSPS) is 15.4. The number of carbonyl (C=O) groups excluding carboxylic acids is 1. The Balaban J connectivity index is 1.64. The molecule has 2 aromatic rings. The van der Waals surface area contributed by atoms with E-state index in [9.17, 15) is 9.18 Å². The summed E-state index contributed by atoms with van der Waals surface area (Å²) in [4.78, 5) is 14.3. The predicted molar refractivity (Wildman–Crippen MR) is 90.1 cm³/mol. The molecular weight excluding hydrogens is 325 g/mol. The van der Waals surface area contributed by atoms with Crippen LogP contribution in [0.4, 0.5) is 4.39 Å². The van der Waals surface area contributed by atoms with Crippen LogP contribution in [0.3, 0.4) is 0 Å². The molecule has 0 unspecified atom stereocenters. The number of piperidine rings is 1. The van der Waals surface area contributed by atoms with Crippen molar-refractivity contribution < 1.29 is 19.0 Å². The van der Waals surface area contributed by atoms with Gasteiger partial charge in [-0.2, -0.15) is 5.10 Å². The quantitative estimate of drug-likeness (QED) is 0.899. The highest BCUT2D eigenvalue weighted by Gasteiger charge is 2.26. The number of hydrogen-bond acceptors (Lipinski definition) is 4. The van der Waals surface area contributed by atoms with Crippen LogP contribution in [0.25, 0.3) is 0 Å². The van der Waals surface area contributed by atoms with E-state index in [-0.39, 0.29) is 18.3 Å². The molecule has 134 valence electrons. The molecule has 1 aliphatic heterocycles. The number of methoxy groups -OCH3 is 1. The number of ether oxygens (including phenoxy) is 1. The molecule has 1 saturated heterocycles. The number of aromatic nitrogens is 2. The Kier molecular flexibility index (Phi) is 5.33. The van der Waals surface area contributed by atoms with Gasteiger partial charge in [0.2, 0.25) is 0 Å². The van der Waals surface area contributed by atoms with Gasteiger partial charge < -0.3 is 14.7 Å². The van der Waals surface area contributed by atoms with Crippen LogP contribution < -0.4 is 4.74 Å². The molecular formula is C18H22FN3O3. The molecule has 0 atom stereocenters. The van der Waals surface area contributed by atoms with Crippen molar-refractivity contribution in [3.63, 3.8) is 0 Å². The van der Waals surface area contributed by atoms with Crippen LogP contribution in [-0.4, -0.2) is 52.5 Å². The third kappa shape index (κ3) is 3.66. The van der Waals surface area contributed by atoms with E-state index in [1.807, 2.05) is 10.7 Å². The van der Waals surface area contributed by atoms with Crippen molar-refractivity contribution in [2.75, 3.05) is 26.8 Å². The fourth-order valence-electron chi connectivity index (χ4n) is 3.33. The van der Waals surface area contributed by atoms with Crippen LogP contribution in [0.15, 0.2) is 30.5 Å². The fourth-order valence-corrected chi connectivity index (χ4v) is 3.33. The van der Waals surface area contributed by atoms with Gasteiger partial charge in [0, 0.05) is 36.5 Å². The number of nitrogens with zero attached hydrogens (tertiary/aromatic N) is 3. The summed E-state index contributed by atoms with van der Waals surface area (Å²) < 4.78 is 20.5. The molecule has 2 heterocycles. The maximum Gasteiger partial charge on any atom is 0.253 e. The van der Waals surface area contributed by atoms with Crippen LogP contribution in [0.2, 0.25) is 0 Å². The molecule has 1 fully saturated rings. The number of carbonyl (C=O) groups is 1. The van der Waals surface area contributed by atoms with Crippen molar-refractivity contribution in [1.29, 1.82) is 0 Å². The minimum absolute atomic E-state index is 0.0506. The molecule has 25 heavy (non-hydrogen) atoms. The zero-order chi connectivity index (χ0) is 17.8. The molecule has 1 aromatic carbocycles. The summed E-state index contributed by atoms with van der Waals surface area (Å²) in [5.41, 5.74) is 1.43. The van der Waals surface area contributed by atoms with E-state index >= 15 is 0 Å². The lowest BCUT2D eigenvalue weighted by atomic mass is 9.93. The summed E-state index contributed by atoms with van der Waals surface area (Å²) in [6.07, 6.45) is 3.38. The molecule has 0 spiro atoms. The van der Waals surface area contributed by atoms with Gasteiger partial charge in [0.1, 0.15) is 0 Å². The number of amides is 1. The van der Waals surface area contributed by atoms with E-state index in [2.05, 4.69) is 5.10 Å². The van der Waals surface area contributed by atoms with Crippen LogP contribution in [-0.2, 0) is 6.54 Å². The number of hydrogen-bond donors (Lipinski definition) is 1. The van der Waals surface area contributed by atoms with Crippen LogP contribution in [0, 0.1) is 5.82 Å². The van der Waals surface area contributed by atoms with Crippen molar-refractivity contribution in [2.24, 2.45) is 0 Å². The van der Waals surface area contributed by atoms with E-state index in [1.165, 1.54) is 19.2 Å². The Hall–Kier alpha value is -2.41. The topological polar surface area (TPSA) is 67.6 Å². The lowest BCUT2D eigenvalue weighted by molar-refractivity contribution is 0.0710. The molecule has 0 radical (unpaired) electrons. The van der Waals surface area contributed by atoms with Gasteiger partial charge in [-0.1, -0.05) is 0 Å². The van der Waals surface area contributed by atoms with E-state index in [1.54, 1.807) is 17.2 Å². The molecule has 1 amide bonds. The van der Waals surface area contributed by atoms with E-state index in [4.69, 9.17) is 9.84 Å². The van der Waals surface area contributed by atoms with E-state index in [0.29, 0.717) is 31.1 Å². The van der Waals surface area contributed by atoms with Crippen molar-refractivity contribution in [3.05, 3.63) is 47.5 Å². The molecule has 1 N–H and O–H groups in total. The van der Waals surface area contributed by atoms with Gasteiger partial charge in [-0.25, -0.2) is 4.39 Å². The summed E-state index contributed by atoms with van der Waals surface area (Å²) in [6.45, 7) is 1.75. The molecule has 1 aliphatic rings. The minimum atomic E-state index is -0.531. The molecule has 3 rings (SSSR count). The van der Waals surface area contributed by atoms with Gasteiger partial charge >= 0.3 is 0 Å². The second-order valence-electron chi connectivity index (χ2n) is 6.12. The molecule has 1 aromatic heterocycles. The van der Waals surface area contributed by atoms with Crippen molar-refractivity contribution in [1.82, 2.24) is 14.7 Å². The Morgan fingerprint density at radius 3 is 2.76 bits per heavy atom. The molecule has 0 aliphatic carbocycles. The van der Waals surface area contributed by atoms with Crippen LogP contribution >= 0.6 is 0 Å². The SMILES string of the molecule is COc1ccc(C(=O)N2CCC(c3ccnn3CCO)CC2)cc1F. The lowest BCUT2D eigenvalue weighted by Gasteiger charge is -2.32. The fraction of sp³-hybridized carbons (Fsp3) is 0.444. The first-order valence-electron chi connectivity index (χ1n) is 8.39. The molecule has 7 heteroatoms. The number of halogens is 1. The first-order chi connectivity index (χ1) is 12.1. The Morgan fingerprint density at radius 2 is 2.12 bits per heavy atom. The number of likely N-dealkylation sites (tertiary alicyclic amines) is 1. The zero-order valence-corrected chi connectivity index (χ0v) is 14.2. The van der Waals surface area contributed by atoms with Gasteiger partial charge in [-0.3, -0.25) is 9.48 Å². The smallest absolute Gasteiger partial charge is 0.253 e. The average molecular weight is 347 g/mol. The summed E-state index contributed by atoms with van der Waals surface area (Å²) >= 11 is 0. The largest absolute Gasteiger partial charge is 0.494 e. The average Bonchev–Trinajstić information content (AvgIpc) is 3.10. The summed E-state index contributed by atoms with van der Waals surface area (Å²) in [7, 11) is 1.40. The number of rotatable bonds is 5. The number of benzene rings is 1. The predicted octanol–water partition coefficient (Wildman–Crippen LogP) is 2.04. The zero-order valence-electron chi connectivity index (χ0n) is 14.2. The summed E-state index contributed by atoms with van der Waals surface area (Å²) in [5, 5.41) is 13.3. The monoisotopic (exact) mass is 347 g/mol. The van der Waals surface area contributed by atoms with Gasteiger partial charge in [0.25, 0.3) is 5.91 Å². The van der Waals surface area contributed by atoms with Crippen LogP contribution in [0.5, 0.6) is 5.75 Å². The lowest BCUT2D eigenvalue weighted by Crippen LogP contribution is -2.38. The Morgan fingerprint density at radius 1 is 1.36 bits per heavy atom. The van der Waals surface area contributed by atoms with Gasteiger partial charge in [-0.15, -0.1) is 0 Å². The molecule has 6 nitrogen and oxygen atoms in total. The van der Waals surface area contributed by atoms with Gasteiger partial charge in [0.15, 0.2) is 11.6 Å². The summed E-state index contributed by atoms with van der Waals surface area (Å²) in [6, 6.07) is 6.26. The first kappa shape index (κ1) is 17.4. The van der Waals surface area contributed by atoms with Gasteiger partial charge in [-0.05, 0) is 37.1 Å². The highest BCUT2D eigenvalue weighted by atomic mass is 19.1. The summed E-state index contributed by atoms with van der Waals surface area (Å²) in [5.74, 6) is -0.252. The number of aliphatic hydroxyl groups excluding tert-OH is 1. The Labute approximate surface area is 145 Å². The maximum absolute atomic E-state index is 13.8.